The van der Waals surface area contributed by atoms with Crippen molar-refractivity contribution in [2.45, 2.75) is 32.3 Å². The van der Waals surface area contributed by atoms with Gasteiger partial charge in [0, 0.05) is 31.8 Å². The number of anilines is 1. The number of ether oxygens (including phenoxy) is 1. The molecule has 1 aliphatic carbocycles. The van der Waals surface area contributed by atoms with Gasteiger partial charge in [0.1, 0.15) is 5.75 Å². The zero-order chi connectivity index (χ0) is 15.7. The fourth-order valence-electron chi connectivity index (χ4n) is 2.16. The molecule has 0 amide bonds. The van der Waals surface area contributed by atoms with Crippen LogP contribution in [0.2, 0.25) is 0 Å². The monoisotopic (exact) mass is 301 g/mol. The predicted molar refractivity (Wildman–Crippen MR) is 81.4 cm³/mol. The number of benzene rings is 1. The Morgan fingerprint density at radius 3 is 2.82 bits per heavy atom. The molecular formula is C16H19N3O3. The van der Waals surface area contributed by atoms with Crippen molar-refractivity contribution in [3.05, 3.63) is 35.5 Å². The lowest BCUT2D eigenvalue weighted by molar-refractivity contribution is 0.101. The minimum Gasteiger partial charge on any atom is -0.485 e. The summed E-state index contributed by atoms with van der Waals surface area (Å²) in [5.41, 5.74) is 1.52. The number of carbonyl (C=O) groups excluding carboxylic acids is 1. The number of Topliss-reactive ketones (excluding diaryl/α,β-unsaturated/α-hetero) is 1. The molecule has 0 aliphatic heterocycles. The average Bonchev–Trinajstić information content (AvgIpc) is 3.23. The maximum absolute atomic E-state index is 11.7. The second kappa shape index (κ2) is 5.79. The second-order valence-electron chi connectivity index (χ2n) is 5.74. The number of nitrogens with zero attached hydrogens (tertiary/aromatic N) is 3. The van der Waals surface area contributed by atoms with E-state index in [1.807, 2.05) is 31.1 Å². The van der Waals surface area contributed by atoms with Crippen molar-refractivity contribution in [2.24, 2.45) is 0 Å². The van der Waals surface area contributed by atoms with Crippen molar-refractivity contribution in [3.8, 4) is 5.75 Å². The molecule has 1 aromatic heterocycles. The lowest BCUT2D eigenvalue weighted by Crippen LogP contribution is -2.10. The Hall–Kier alpha value is -2.37. The van der Waals surface area contributed by atoms with Gasteiger partial charge in [-0.2, -0.15) is 4.98 Å². The van der Waals surface area contributed by atoms with E-state index < -0.39 is 0 Å². The molecular weight excluding hydrogens is 282 g/mol. The number of hydrogen-bond acceptors (Lipinski definition) is 6. The Labute approximate surface area is 129 Å². The highest BCUT2D eigenvalue weighted by Crippen LogP contribution is 2.38. The molecule has 0 N–H and O–H groups in total. The third kappa shape index (κ3) is 3.10. The molecule has 1 aliphatic rings. The molecule has 0 bridgehead atoms. The fraction of sp³-hybridized carbons (Fsp3) is 0.438. The van der Waals surface area contributed by atoms with Crippen LogP contribution in [0.4, 0.5) is 5.69 Å². The highest BCUT2D eigenvalue weighted by atomic mass is 16.5. The van der Waals surface area contributed by atoms with Crippen LogP contribution in [0.25, 0.3) is 0 Å². The Morgan fingerprint density at radius 2 is 2.18 bits per heavy atom. The van der Waals surface area contributed by atoms with E-state index >= 15 is 0 Å². The summed E-state index contributed by atoms with van der Waals surface area (Å²) in [5, 5.41) is 3.92. The van der Waals surface area contributed by atoms with Crippen LogP contribution in [0.1, 0.15) is 47.8 Å². The van der Waals surface area contributed by atoms with Crippen molar-refractivity contribution in [1.82, 2.24) is 10.1 Å². The Morgan fingerprint density at radius 1 is 1.41 bits per heavy atom. The molecule has 1 saturated carbocycles. The van der Waals surface area contributed by atoms with Gasteiger partial charge >= 0.3 is 0 Å². The third-order valence-electron chi connectivity index (χ3n) is 3.63. The second-order valence-corrected chi connectivity index (χ2v) is 5.74. The normalized spacial score (nSPS) is 14.0. The summed E-state index contributed by atoms with van der Waals surface area (Å²) >= 11 is 0. The summed E-state index contributed by atoms with van der Waals surface area (Å²) in [4.78, 5) is 18.0. The van der Waals surface area contributed by atoms with E-state index in [0.29, 0.717) is 28.9 Å². The van der Waals surface area contributed by atoms with Crippen molar-refractivity contribution in [2.75, 3.05) is 19.0 Å². The largest absolute Gasteiger partial charge is 0.485 e. The van der Waals surface area contributed by atoms with Crippen LogP contribution in [0, 0.1) is 0 Å². The van der Waals surface area contributed by atoms with Gasteiger partial charge in [-0.25, -0.2) is 0 Å². The molecule has 0 spiro atoms. The molecule has 0 saturated heterocycles. The molecule has 22 heavy (non-hydrogen) atoms. The highest BCUT2D eigenvalue weighted by molar-refractivity contribution is 5.97. The van der Waals surface area contributed by atoms with E-state index in [1.165, 1.54) is 6.92 Å². The highest BCUT2D eigenvalue weighted by Gasteiger charge is 2.29. The molecule has 1 fully saturated rings. The Bertz CT molecular complexity index is 690. The summed E-state index contributed by atoms with van der Waals surface area (Å²) in [5.74, 6) is 2.12. The maximum Gasteiger partial charge on any atom is 0.229 e. The van der Waals surface area contributed by atoms with E-state index in [-0.39, 0.29) is 12.4 Å². The SMILES string of the molecule is CC(=O)c1ccc(N(C)C)cc1OCc1noc(C2CC2)n1. The lowest BCUT2D eigenvalue weighted by Gasteiger charge is -2.15. The van der Waals surface area contributed by atoms with Gasteiger partial charge in [0.15, 0.2) is 12.4 Å². The van der Waals surface area contributed by atoms with Gasteiger partial charge in [0.2, 0.25) is 11.7 Å². The molecule has 1 aromatic carbocycles. The zero-order valence-corrected chi connectivity index (χ0v) is 13.0. The minimum absolute atomic E-state index is 0.0351. The minimum atomic E-state index is -0.0351. The molecule has 6 heteroatoms. The van der Waals surface area contributed by atoms with Gasteiger partial charge in [-0.05, 0) is 31.9 Å². The van der Waals surface area contributed by atoms with Gasteiger partial charge in [-0.15, -0.1) is 0 Å². The number of rotatable bonds is 6. The van der Waals surface area contributed by atoms with Crippen LogP contribution in [0.15, 0.2) is 22.7 Å². The van der Waals surface area contributed by atoms with Gasteiger partial charge in [0.05, 0.1) is 5.56 Å². The molecule has 0 radical (unpaired) electrons. The smallest absolute Gasteiger partial charge is 0.229 e. The van der Waals surface area contributed by atoms with Gasteiger partial charge in [-0.3, -0.25) is 4.79 Å². The number of aromatic nitrogens is 2. The van der Waals surface area contributed by atoms with Crippen LogP contribution >= 0.6 is 0 Å². The molecule has 2 aromatic rings. The van der Waals surface area contributed by atoms with Crippen LogP contribution in [0.3, 0.4) is 0 Å². The summed E-state index contributed by atoms with van der Waals surface area (Å²) in [6.07, 6.45) is 2.23. The maximum atomic E-state index is 11.7. The Kier molecular flexibility index (Phi) is 3.83. The standard InChI is InChI=1S/C16H19N3O3/c1-10(20)13-7-6-12(19(2)3)8-14(13)21-9-15-17-16(22-18-15)11-4-5-11/h6-8,11H,4-5,9H2,1-3H3. The van der Waals surface area contributed by atoms with E-state index in [1.54, 1.807) is 6.07 Å². The van der Waals surface area contributed by atoms with Crippen LogP contribution in [0.5, 0.6) is 5.75 Å². The van der Waals surface area contributed by atoms with E-state index in [2.05, 4.69) is 10.1 Å². The van der Waals surface area contributed by atoms with Gasteiger partial charge in [0.25, 0.3) is 0 Å². The Balaban J connectivity index is 1.76. The lowest BCUT2D eigenvalue weighted by atomic mass is 10.1. The summed E-state index contributed by atoms with van der Waals surface area (Å²) in [6, 6.07) is 5.51. The van der Waals surface area contributed by atoms with Crippen LogP contribution in [-0.4, -0.2) is 30.0 Å². The number of carbonyl (C=O) groups is 1. The van der Waals surface area contributed by atoms with Crippen molar-refractivity contribution < 1.29 is 14.1 Å². The quantitative estimate of drug-likeness (QED) is 0.764. The van der Waals surface area contributed by atoms with Crippen molar-refractivity contribution in [3.63, 3.8) is 0 Å². The first-order chi connectivity index (χ1) is 10.5. The van der Waals surface area contributed by atoms with Crippen molar-refractivity contribution >= 4 is 11.5 Å². The summed E-state index contributed by atoms with van der Waals surface area (Å²) < 4.78 is 11.0. The molecule has 3 rings (SSSR count). The predicted octanol–water partition coefficient (Wildman–Crippen LogP) is 2.79. The zero-order valence-electron chi connectivity index (χ0n) is 13.0. The van der Waals surface area contributed by atoms with Gasteiger partial charge in [-0.1, -0.05) is 5.16 Å². The average molecular weight is 301 g/mol. The van der Waals surface area contributed by atoms with E-state index in [4.69, 9.17) is 9.26 Å². The van der Waals surface area contributed by atoms with E-state index in [9.17, 15) is 4.79 Å². The summed E-state index contributed by atoms with van der Waals surface area (Å²) in [6.45, 7) is 1.71. The fourth-order valence-corrected chi connectivity index (χ4v) is 2.16. The van der Waals surface area contributed by atoms with Crippen LogP contribution in [-0.2, 0) is 6.61 Å². The van der Waals surface area contributed by atoms with E-state index in [0.717, 1.165) is 18.5 Å². The van der Waals surface area contributed by atoms with Crippen molar-refractivity contribution in [1.29, 1.82) is 0 Å². The van der Waals surface area contributed by atoms with Crippen LogP contribution < -0.4 is 9.64 Å². The topological polar surface area (TPSA) is 68.5 Å². The first-order valence-corrected chi connectivity index (χ1v) is 7.32. The number of ketones is 1. The molecule has 0 unspecified atom stereocenters. The first-order valence-electron chi connectivity index (χ1n) is 7.32. The van der Waals surface area contributed by atoms with Gasteiger partial charge < -0.3 is 14.2 Å². The molecule has 1 heterocycles. The molecule has 6 nitrogen and oxygen atoms in total. The number of hydrogen-bond donors (Lipinski definition) is 0. The molecule has 0 atom stereocenters. The third-order valence-corrected chi connectivity index (χ3v) is 3.63. The summed E-state index contributed by atoms with van der Waals surface area (Å²) in [7, 11) is 3.88. The molecule has 116 valence electrons. The first kappa shape index (κ1) is 14.6.